The van der Waals surface area contributed by atoms with Crippen molar-refractivity contribution in [3.05, 3.63) is 50.4 Å². The lowest BCUT2D eigenvalue weighted by molar-refractivity contribution is 0.796. The Labute approximate surface area is 163 Å². The number of hydrogen-bond acceptors (Lipinski definition) is 3. The van der Waals surface area contributed by atoms with Gasteiger partial charge in [-0.3, -0.25) is 4.99 Å². The zero-order valence-electron chi connectivity index (χ0n) is 13.5. The van der Waals surface area contributed by atoms with Crippen LogP contribution >= 0.6 is 46.9 Å². The van der Waals surface area contributed by atoms with Crippen molar-refractivity contribution in [2.75, 3.05) is 13.6 Å². The second kappa shape index (κ2) is 10.1. The number of benzene rings is 1. The minimum absolute atomic E-state index is 0. The number of nitrogens with one attached hydrogen (secondary N) is 2. The van der Waals surface area contributed by atoms with Crippen LogP contribution in [0.2, 0.25) is 5.02 Å². The summed E-state index contributed by atoms with van der Waals surface area (Å²) in [6.45, 7) is 5.64. The minimum Gasteiger partial charge on any atom is -0.356 e. The van der Waals surface area contributed by atoms with Crippen LogP contribution in [0.25, 0.3) is 0 Å². The van der Waals surface area contributed by atoms with Gasteiger partial charge < -0.3 is 10.6 Å². The lowest BCUT2D eigenvalue weighted by Gasteiger charge is -2.11. The Morgan fingerprint density at radius 1 is 1.22 bits per heavy atom. The molecule has 0 saturated carbocycles. The number of hydrogen-bond donors (Lipinski definition) is 2. The second-order valence-corrected chi connectivity index (χ2v) is 6.69. The van der Waals surface area contributed by atoms with Gasteiger partial charge in [0, 0.05) is 23.5 Å². The van der Waals surface area contributed by atoms with E-state index < -0.39 is 0 Å². The Morgan fingerprint density at radius 2 is 1.91 bits per heavy atom. The molecule has 7 heteroatoms. The van der Waals surface area contributed by atoms with Crippen LogP contribution in [0.15, 0.2) is 29.3 Å². The third-order valence-electron chi connectivity index (χ3n) is 3.26. The van der Waals surface area contributed by atoms with Crippen LogP contribution in [0.1, 0.15) is 21.1 Å². The highest BCUT2D eigenvalue weighted by atomic mass is 127. The number of aliphatic imine (C=N–C) groups is 1. The molecule has 1 aromatic carbocycles. The first kappa shape index (κ1) is 20.2. The van der Waals surface area contributed by atoms with E-state index in [0.29, 0.717) is 0 Å². The molecule has 0 atom stereocenters. The highest BCUT2D eigenvalue weighted by Gasteiger charge is 2.05. The Bertz CT molecular complexity index is 640. The van der Waals surface area contributed by atoms with Gasteiger partial charge in [-0.25, -0.2) is 4.98 Å². The third kappa shape index (κ3) is 6.64. The van der Waals surface area contributed by atoms with E-state index in [4.69, 9.17) is 11.6 Å². The predicted octanol–water partition coefficient (Wildman–Crippen LogP) is 3.94. The highest BCUT2D eigenvalue weighted by Crippen LogP contribution is 2.16. The zero-order chi connectivity index (χ0) is 15.9. The summed E-state index contributed by atoms with van der Waals surface area (Å²) in [6.07, 6.45) is 0.927. The standard InChI is InChI=1S/C16H21ClN4S.HI/c1-11-15(22-12(2)21-11)10-20-16(18-3)19-9-8-13-4-6-14(17)7-5-13;/h4-7H,8-10H2,1-3H3,(H2,18,19,20);1H. The Kier molecular flexibility index (Phi) is 8.86. The van der Waals surface area contributed by atoms with Crippen molar-refractivity contribution in [3.8, 4) is 0 Å². The lowest BCUT2D eigenvalue weighted by atomic mass is 10.1. The molecule has 0 radical (unpaired) electrons. The summed E-state index contributed by atoms with van der Waals surface area (Å²) in [5, 5.41) is 8.51. The van der Waals surface area contributed by atoms with Crippen LogP contribution < -0.4 is 10.6 Å². The van der Waals surface area contributed by atoms with Gasteiger partial charge in [-0.1, -0.05) is 23.7 Å². The van der Waals surface area contributed by atoms with Crippen LogP contribution in [0.3, 0.4) is 0 Å². The maximum atomic E-state index is 5.88. The highest BCUT2D eigenvalue weighted by molar-refractivity contribution is 14.0. The summed E-state index contributed by atoms with van der Waals surface area (Å²) >= 11 is 7.60. The molecular formula is C16H22ClIN4S. The molecule has 0 aliphatic rings. The van der Waals surface area contributed by atoms with E-state index in [1.165, 1.54) is 10.4 Å². The summed E-state index contributed by atoms with van der Waals surface area (Å²) in [5.41, 5.74) is 2.34. The molecule has 2 N–H and O–H groups in total. The normalized spacial score (nSPS) is 11.0. The van der Waals surface area contributed by atoms with E-state index in [1.54, 1.807) is 18.4 Å². The molecule has 1 heterocycles. The summed E-state index contributed by atoms with van der Waals surface area (Å²) in [4.78, 5) is 9.92. The zero-order valence-corrected chi connectivity index (χ0v) is 17.4. The first-order valence-electron chi connectivity index (χ1n) is 7.20. The van der Waals surface area contributed by atoms with Gasteiger partial charge in [-0.05, 0) is 38.0 Å². The Hall–Kier alpha value is -0.860. The van der Waals surface area contributed by atoms with Crippen LogP contribution in [0.5, 0.6) is 0 Å². The number of thiazole rings is 1. The molecule has 0 aliphatic carbocycles. The van der Waals surface area contributed by atoms with E-state index in [2.05, 4.69) is 20.6 Å². The number of guanidine groups is 1. The minimum atomic E-state index is 0. The molecule has 4 nitrogen and oxygen atoms in total. The van der Waals surface area contributed by atoms with E-state index >= 15 is 0 Å². The molecule has 0 fully saturated rings. The van der Waals surface area contributed by atoms with Crippen molar-refractivity contribution in [3.63, 3.8) is 0 Å². The van der Waals surface area contributed by atoms with Crippen molar-refractivity contribution >= 4 is 52.9 Å². The molecule has 23 heavy (non-hydrogen) atoms. The van der Waals surface area contributed by atoms with Crippen LogP contribution in [-0.2, 0) is 13.0 Å². The van der Waals surface area contributed by atoms with Gasteiger partial charge in [0.1, 0.15) is 0 Å². The van der Waals surface area contributed by atoms with Crippen LogP contribution in [0, 0.1) is 13.8 Å². The average molecular weight is 465 g/mol. The summed E-state index contributed by atoms with van der Waals surface area (Å²) in [5.74, 6) is 0.805. The predicted molar refractivity (Wildman–Crippen MR) is 110 cm³/mol. The number of aromatic nitrogens is 1. The fourth-order valence-electron chi connectivity index (χ4n) is 2.10. The quantitative estimate of drug-likeness (QED) is 0.400. The van der Waals surface area contributed by atoms with Crippen molar-refractivity contribution in [2.45, 2.75) is 26.8 Å². The van der Waals surface area contributed by atoms with Crippen LogP contribution in [-0.4, -0.2) is 24.5 Å². The topological polar surface area (TPSA) is 49.3 Å². The van der Waals surface area contributed by atoms with Gasteiger partial charge in [-0.2, -0.15) is 0 Å². The fraction of sp³-hybridized carbons (Fsp3) is 0.375. The van der Waals surface area contributed by atoms with E-state index in [1.807, 2.05) is 38.1 Å². The lowest BCUT2D eigenvalue weighted by Crippen LogP contribution is -2.37. The molecule has 0 unspecified atom stereocenters. The maximum absolute atomic E-state index is 5.88. The summed E-state index contributed by atoms with van der Waals surface area (Å²) in [6, 6.07) is 7.92. The molecule has 0 saturated heterocycles. The van der Waals surface area contributed by atoms with Crippen molar-refractivity contribution in [1.29, 1.82) is 0 Å². The first-order valence-corrected chi connectivity index (χ1v) is 8.40. The number of rotatable bonds is 5. The smallest absolute Gasteiger partial charge is 0.191 e. The van der Waals surface area contributed by atoms with Gasteiger partial charge in [-0.15, -0.1) is 35.3 Å². The number of halogens is 2. The molecule has 126 valence electrons. The van der Waals surface area contributed by atoms with E-state index in [-0.39, 0.29) is 24.0 Å². The van der Waals surface area contributed by atoms with Crippen molar-refractivity contribution in [2.24, 2.45) is 4.99 Å². The van der Waals surface area contributed by atoms with Gasteiger partial charge >= 0.3 is 0 Å². The van der Waals surface area contributed by atoms with E-state index in [0.717, 1.165) is 41.2 Å². The largest absolute Gasteiger partial charge is 0.356 e. The van der Waals surface area contributed by atoms with Gasteiger partial charge in [0.25, 0.3) is 0 Å². The first-order chi connectivity index (χ1) is 10.6. The van der Waals surface area contributed by atoms with Crippen molar-refractivity contribution in [1.82, 2.24) is 15.6 Å². The monoisotopic (exact) mass is 464 g/mol. The fourth-order valence-corrected chi connectivity index (χ4v) is 3.10. The number of nitrogens with zero attached hydrogens (tertiary/aromatic N) is 2. The molecule has 0 aliphatic heterocycles. The van der Waals surface area contributed by atoms with Crippen molar-refractivity contribution < 1.29 is 0 Å². The Balaban J connectivity index is 0.00000264. The van der Waals surface area contributed by atoms with Gasteiger partial charge in [0.05, 0.1) is 17.2 Å². The van der Waals surface area contributed by atoms with E-state index in [9.17, 15) is 0 Å². The maximum Gasteiger partial charge on any atom is 0.191 e. The third-order valence-corrected chi connectivity index (χ3v) is 4.58. The molecule has 2 aromatic rings. The number of aryl methyl sites for hydroxylation is 2. The molecule has 2 rings (SSSR count). The van der Waals surface area contributed by atoms with Gasteiger partial charge in [0.15, 0.2) is 5.96 Å². The second-order valence-electron chi connectivity index (χ2n) is 4.97. The average Bonchev–Trinajstić information content (AvgIpc) is 2.82. The SMILES string of the molecule is CN=C(NCCc1ccc(Cl)cc1)NCc1sc(C)nc1C.I. The van der Waals surface area contributed by atoms with Crippen LogP contribution in [0.4, 0.5) is 0 Å². The molecule has 0 spiro atoms. The molecule has 0 amide bonds. The summed E-state index contributed by atoms with van der Waals surface area (Å²) < 4.78 is 0. The molecular weight excluding hydrogens is 443 g/mol. The van der Waals surface area contributed by atoms with Gasteiger partial charge in [0.2, 0.25) is 0 Å². The molecule has 1 aromatic heterocycles. The summed E-state index contributed by atoms with van der Waals surface area (Å²) in [7, 11) is 1.78. The molecule has 0 bridgehead atoms. The Morgan fingerprint density at radius 3 is 2.48 bits per heavy atom.